The maximum atomic E-state index is 13.6. The first-order chi connectivity index (χ1) is 10.1. The summed E-state index contributed by atoms with van der Waals surface area (Å²) in [5.41, 5.74) is 7.05. The first kappa shape index (κ1) is 14.2. The van der Waals surface area contributed by atoms with Crippen LogP contribution in [0.25, 0.3) is 21.7 Å². The molecule has 0 aliphatic rings. The van der Waals surface area contributed by atoms with Gasteiger partial charge < -0.3 is 10.3 Å². The minimum Gasteiger partial charge on any atom is -0.326 e. The van der Waals surface area contributed by atoms with Crippen LogP contribution in [0.15, 0.2) is 29.6 Å². The number of nitrogens with zero attached hydrogens (tertiary/aromatic N) is 2. The Kier molecular flexibility index (Phi) is 3.73. The molecule has 110 valence electrons. The van der Waals surface area contributed by atoms with Crippen molar-refractivity contribution in [2.24, 2.45) is 5.73 Å². The molecule has 2 aromatic heterocycles. The van der Waals surface area contributed by atoms with E-state index in [0.29, 0.717) is 23.4 Å². The van der Waals surface area contributed by atoms with Gasteiger partial charge in [0.15, 0.2) is 17.5 Å². The van der Waals surface area contributed by atoms with Crippen LogP contribution in [-0.2, 0) is 6.54 Å². The number of thiophene rings is 1. The fourth-order valence-corrected chi connectivity index (χ4v) is 2.98. The number of hydrogen-bond donors (Lipinski definition) is 1. The van der Waals surface area contributed by atoms with Crippen LogP contribution in [0, 0.1) is 11.6 Å². The van der Waals surface area contributed by atoms with Gasteiger partial charge in [-0.2, -0.15) is 0 Å². The average Bonchev–Trinajstić information content (AvgIpc) is 3.09. The van der Waals surface area contributed by atoms with Crippen molar-refractivity contribution >= 4 is 22.4 Å². The van der Waals surface area contributed by atoms with Crippen LogP contribution in [0.5, 0.6) is 0 Å². The highest BCUT2D eigenvalue weighted by molar-refractivity contribution is 7.13. The minimum absolute atomic E-state index is 0.0609. The van der Waals surface area contributed by atoms with Gasteiger partial charge in [-0.05, 0) is 17.9 Å². The van der Waals surface area contributed by atoms with E-state index < -0.39 is 11.6 Å². The van der Waals surface area contributed by atoms with Crippen molar-refractivity contribution in [2.75, 3.05) is 0 Å². The van der Waals surface area contributed by atoms with Crippen LogP contribution in [0.4, 0.5) is 8.78 Å². The fourth-order valence-electron chi connectivity index (χ4n) is 2.26. The van der Waals surface area contributed by atoms with Gasteiger partial charge in [0.1, 0.15) is 0 Å². The molecule has 0 saturated heterocycles. The Morgan fingerprint density at radius 2 is 2.10 bits per heavy atom. The second kappa shape index (κ2) is 5.54. The van der Waals surface area contributed by atoms with Gasteiger partial charge in [0.2, 0.25) is 0 Å². The van der Waals surface area contributed by atoms with E-state index in [1.54, 1.807) is 0 Å². The number of hydrogen-bond acceptors (Lipinski definition) is 3. The molecule has 1 atom stereocenters. The molecule has 3 aromatic rings. The number of rotatable bonds is 4. The molecule has 0 spiro atoms. The second-order valence-electron chi connectivity index (χ2n) is 4.95. The average molecular weight is 307 g/mol. The lowest BCUT2D eigenvalue weighted by Crippen LogP contribution is -2.25. The molecule has 21 heavy (non-hydrogen) atoms. The molecule has 1 aromatic carbocycles. The van der Waals surface area contributed by atoms with Crippen molar-refractivity contribution < 1.29 is 8.78 Å². The highest BCUT2D eigenvalue weighted by Gasteiger charge is 2.17. The predicted octanol–water partition coefficient (Wildman–Crippen LogP) is 3.78. The van der Waals surface area contributed by atoms with Crippen molar-refractivity contribution in [2.45, 2.75) is 25.9 Å². The number of imidazole rings is 1. The van der Waals surface area contributed by atoms with Gasteiger partial charge in [0.25, 0.3) is 0 Å². The van der Waals surface area contributed by atoms with Gasteiger partial charge in [0.05, 0.1) is 15.9 Å². The summed E-state index contributed by atoms with van der Waals surface area (Å²) in [5, 5.41) is 1.94. The summed E-state index contributed by atoms with van der Waals surface area (Å²) in [4.78, 5) is 5.41. The van der Waals surface area contributed by atoms with E-state index in [4.69, 9.17) is 5.73 Å². The number of halogens is 2. The Morgan fingerprint density at radius 1 is 1.33 bits per heavy atom. The van der Waals surface area contributed by atoms with Crippen LogP contribution in [0.1, 0.15) is 13.3 Å². The largest absolute Gasteiger partial charge is 0.326 e. The normalized spacial score (nSPS) is 13.0. The van der Waals surface area contributed by atoms with Gasteiger partial charge in [-0.1, -0.05) is 13.0 Å². The molecule has 3 rings (SSSR count). The molecule has 0 aliphatic carbocycles. The summed E-state index contributed by atoms with van der Waals surface area (Å²) in [6, 6.07) is 6.12. The molecule has 0 fully saturated rings. The van der Waals surface area contributed by atoms with Crippen LogP contribution >= 0.6 is 11.3 Å². The maximum Gasteiger partial charge on any atom is 0.161 e. The van der Waals surface area contributed by atoms with E-state index in [9.17, 15) is 8.78 Å². The lowest BCUT2D eigenvalue weighted by molar-refractivity contribution is 0.509. The zero-order chi connectivity index (χ0) is 15.0. The van der Waals surface area contributed by atoms with Gasteiger partial charge in [-0.3, -0.25) is 0 Å². The van der Waals surface area contributed by atoms with E-state index >= 15 is 0 Å². The van der Waals surface area contributed by atoms with Crippen molar-refractivity contribution in [3.05, 3.63) is 41.3 Å². The van der Waals surface area contributed by atoms with Crippen LogP contribution in [0.2, 0.25) is 0 Å². The smallest absolute Gasteiger partial charge is 0.161 e. The zero-order valence-corrected chi connectivity index (χ0v) is 12.3. The number of benzene rings is 1. The third-order valence-corrected chi connectivity index (χ3v) is 4.34. The number of aromatic nitrogens is 2. The predicted molar refractivity (Wildman–Crippen MR) is 81.2 cm³/mol. The summed E-state index contributed by atoms with van der Waals surface area (Å²) in [6.45, 7) is 2.51. The van der Waals surface area contributed by atoms with Crippen molar-refractivity contribution in [3.8, 4) is 10.7 Å². The highest BCUT2D eigenvalue weighted by atomic mass is 32.1. The summed E-state index contributed by atoms with van der Waals surface area (Å²) >= 11 is 1.54. The Balaban J connectivity index is 2.23. The topological polar surface area (TPSA) is 43.8 Å². The van der Waals surface area contributed by atoms with Crippen molar-refractivity contribution in [1.29, 1.82) is 0 Å². The molecule has 0 radical (unpaired) electrons. The van der Waals surface area contributed by atoms with Crippen LogP contribution < -0.4 is 5.73 Å². The minimum atomic E-state index is -0.885. The Bertz CT molecular complexity index is 765. The summed E-state index contributed by atoms with van der Waals surface area (Å²) < 4.78 is 28.8. The SMILES string of the molecule is CCC(N)Cn1c(-c2cccs2)nc2cc(F)c(F)cc21. The first-order valence-corrected chi connectivity index (χ1v) is 7.63. The lowest BCUT2D eigenvalue weighted by atomic mass is 10.2. The molecular formula is C15H15F2N3S. The van der Waals surface area contributed by atoms with E-state index in [-0.39, 0.29) is 6.04 Å². The molecule has 0 aliphatic heterocycles. The monoisotopic (exact) mass is 307 g/mol. The molecule has 0 amide bonds. The second-order valence-corrected chi connectivity index (χ2v) is 5.89. The number of fused-ring (bicyclic) bond motifs is 1. The van der Waals surface area contributed by atoms with Crippen molar-refractivity contribution in [3.63, 3.8) is 0 Å². The Morgan fingerprint density at radius 3 is 2.76 bits per heavy atom. The fraction of sp³-hybridized carbons (Fsp3) is 0.267. The van der Waals surface area contributed by atoms with Crippen molar-refractivity contribution in [1.82, 2.24) is 9.55 Å². The summed E-state index contributed by atoms with van der Waals surface area (Å²) in [7, 11) is 0. The third kappa shape index (κ3) is 2.56. The summed E-state index contributed by atoms with van der Waals surface area (Å²) in [5.74, 6) is -1.05. The standard InChI is InChI=1S/C15H15F2N3S/c1-2-9(18)8-20-13-7-11(17)10(16)6-12(13)19-15(20)14-4-3-5-21-14/h3-7,9H,2,8,18H2,1H3. The van der Waals surface area contributed by atoms with Gasteiger partial charge >= 0.3 is 0 Å². The molecule has 6 heteroatoms. The third-order valence-electron chi connectivity index (χ3n) is 3.47. The quantitative estimate of drug-likeness (QED) is 0.797. The zero-order valence-electron chi connectivity index (χ0n) is 11.5. The molecule has 0 saturated carbocycles. The lowest BCUT2D eigenvalue weighted by Gasteiger charge is -2.13. The first-order valence-electron chi connectivity index (χ1n) is 6.75. The van der Waals surface area contributed by atoms with Crippen LogP contribution in [0.3, 0.4) is 0 Å². The van der Waals surface area contributed by atoms with Gasteiger partial charge in [-0.15, -0.1) is 11.3 Å². The number of nitrogens with two attached hydrogens (primary N) is 1. The molecule has 3 nitrogen and oxygen atoms in total. The Labute approximate surface area is 125 Å². The highest BCUT2D eigenvalue weighted by Crippen LogP contribution is 2.29. The molecular weight excluding hydrogens is 292 g/mol. The molecule has 2 heterocycles. The van der Waals surface area contributed by atoms with E-state index in [1.807, 2.05) is 29.0 Å². The summed E-state index contributed by atoms with van der Waals surface area (Å²) in [6.07, 6.45) is 0.799. The van der Waals surface area contributed by atoms with Gasteiger partial charge in [0, 0.05) is 24.7 Å². The molecule has 2 N–H and O–H groups in total. The van der Waals surface area contributed by atoms with E-state index in [2.05, 4.69) is 4.98 Å². The Hall–Kier alpha value is -1.79. The van der Waals surface area contributed by atoms with E-state index in [1.165, 1.54) is 17.4 Å². The maximum absolute atomic E-state index is 13.6. The molecule has 0 bridgehead atoms. The van der Waals surface area contributed by atoms with Crippen LogP contribution in [-0.4, -0.2) is 15.6 Å². The molecule has 1 unspecified atom stereocenters. The van der Waals surface area contributed by atoms with Gasteiger partial charge in [-0.25, -0.2) is 13.8 Å². The van der Waals surface area contributed by atoms with E-state index in [0.717, 1.165) is 17.4 Å².